The van der Waals surface area contributed by atoms with Crippen molar-refractivity contribution >= 4 is 29.9 Å². The van der Waals surface area contributed by atoms with Crippen LogP contribution < -0.4 is 10.1 Å². The average molecular weight is 419 g/mol. The van der Waals surface area contributed by atoms with E-state index in [1.807, 2.05) is 12.1 Å². The highest BCUT2D eigenvalue weighted by Crippen LogP contribution is 2.12. The highest BCUT2D eigenvalue weighted by molar-refractivity contribution is 14.0. The SMILES string of the molecule is CCCCN(C)C(=NCCc1cccc(OC)c1)NCC.I. The topological polar surface area (TPSA) is 36.9 Å². The Bertz CT molecular complexity index is 438. The minimum Gasteiger partial charge on any atom is -0.497 e. The van der Waals surface area contributed by atoms with Crippen molar-refractivity contribution in [2.45, 2.75) is 33.1 Å². The molecule has 0 aliphatic carbocycles. The minimum absolute atomic E-state index is 0. The van der Waals surface area contributed by atoms with E-state index in [0.717, 1.165) is 37.8 Å². The van der Waals surface area contributed by atoms with Crippen molar-refractivity contribution in [3.05, 3.63) is 29.8 Å². The van der Waals surface area contributed by atoms with Crippen molar-refractivity contribution in [2.24, 2.45) is 4.99 Å². The standard InChI is InChI=1S/C17H29N3O.HI/c1-5-7-13-20(3)17(18-6-2)19-12-11-15-9-8-10-16(14-15)21-4;/h8-10,14H,5-7,11-13H2,1-4H3,(H,18,19);1H. The maximum atomic E-state index is 5.25. The van der Waals surface area contributed by atoms with Gasteiger partial charge in [0.1, 0.15) is 5.75 Å². The third-order valence-corrected chi connectivity index (χ3v) is 3.34. The molecule has 126 valence electrons. The first-order valence-corrected chi connectivity index (χ1v) is 7.83. The number of aliphatic imine (C=N–C) groups is 1. The van der Waals surface area contributed by atoms with Crippen LogP contribution in [0.5, 0.6) is 5.75 Å². The predicted molar refractivity (Wildman–Crippen MR) is 106 cm³/mol. The molecule has 0 atom stereocenters. The third kappa shape index (κ3) is 7.87. The van der Waals surface area contributed by atoms with Crippen LogP contribution in [0.3, 0.4) is 0 Å². The Kier molecular flexibility index (Phi) is 12.0. The first kappa shape index (κ1) is 21.0. The van der Waals surface area contributed by atoms with E-state index in [9.17, 15) is 0 Å². The molecule has 0 saturated heterocycles. The van der Waals surface area contributed by atoms with E-state index in [1.165, 1.54) is 18.4 Å². The molecule has 0 aromatic heterocycles. The molecule has 22 heavy (non-hydrogen) atoms. The van der Waals surface area contributed by atoms with Gasteiger partial charge in [-0.2, -0.15) is 0 Å². The second-order valence-electron chi connectivity index (χ2n) is 5.11. The van der Waals surface area contributed by atoms with Crippen molar-refractivity contribution in [1.82, 2.24) is 10.2 Å². The van der Waals surface area contributed by atoms with E-state index in [2.05, 4.69) is 43.2 Å². The van der Waals surface area contributed by atoms with E-state index in [1.54, 1.807) is 7.11 Å². The number of nitrogens with zero attached hydrogens (tertiary/aromatic N) is 2. The summed E-state index contributed by atoms with van der Waals surface area (Å²) in [6.07, 6.45) is 3.32. The fourth-order valence-electron chi connectivity index (χ4n) is 2.09. The van der Waals surface area contributed by atoms with Crippen molar-refractivity contribution in [3.8, 4) is 5.75 Å². The average Bonchev–Trinajstić information content (AvgIpc) is 2.52. The van der Waals surface area contributed by atoms with Crippen molar-refractivity contribution in [2.75, 3.05) is 33.8 Å². The smallest absolute Gasteiger partial charge is 0.193 e. The summed E-state index contributed by atoms with van der Waals surface area (Å²) >= 11 is 0. The van der Waals surface area contributed by atoms with Crippen molar-refractivity contribution < 1.29 is 4.74 Å². The summed E-state index contributed by atoms with van der Waals surface area (Å²) in [7, 11) is 3.80. The predicted octanol–water partition coefficient (Wildman–Crippen LogP) is 3.55. The zero-order chi connectivity index (χ0) is 15.5. The van der Waals surface area contributed by atoms with E-state index >= 15 is 0 Å². The Labute approximate surface area is 152 Å². The molecule has 0 aliphatic rings. The van der Waals surface area contributed by atoms with E-state index < -0.39 is 0 Å². The molecular formula is C17H30IN3O. The molecule has 1 rings (SSSR count). The van der Waals surface area contributed by atoms with Gasteiger partial charge in [0.05, 0.1) is 7.11 Å². The number of methoxy groups -OCH3 is 1. The molecule has 0 unspecified atom stereocenters. The lowest BCUT2D eigenvalue weighted by Crippen LogP contribution is -2.39. The molecule has 4 nitrogen and oxygen atoms in total. The summed E-state index contributed by atoms with van der Waals surface area (Å²) in [5.41, 5.74) is 1.25. The van der Waals surface area contributed by atoms with Gasteiger partial charge in [-0.05, 0) is 37.5 Å². The number of rotatable bonds is 8. The zero-order valence-electron chi connectivity index (χ0n) is 14.3. The van der Waals surface area contributed by atoms with Crippen LogP contribution in [0.15, 0.2) is 29.3 Å². The van der Waals surface area contributed by atoms with Gasteiger partial charge in [0.25, 0.3) is 0 Å². The summed E-state index contributed by atoms with van der Waals surface area (Å²) < 4.78 is 5.25. The molecule has 0 bridgehead atoms. The quantitative estimate of drug-likeness (QED) is 0.398. The van der Waals surface area contributed by atoms with Gasteiger partial charge in [0.15, 0.2) is 5.96 Å². The Hall–Kier alpha value is -0.980. The van der Waals surface area contributed by atoms with Crippen LogP contribution in [0.25, 0.3) is 0 Å². The lowest BCUT2D eigenvalue weighted by atomic mass is 10.1. The Morgan fingerprint density at radius 3 is 2.73 bits per heavy atom. The van der Waals surface area contributed by atoms with Crippen molar-refractivity contribution in [3.63, 3.8) is 0 Å². The molecule has 0 amide bonds. The van der Waals surface area contributed by atoms with Crippen molar-refractivity contribution in [1.29, 1.82) is 0 Å². The molecular weight excluding hydrogens is 389 g/mol. The third-order valence-electron chi connectivity index (χ3n) is 3.34. The first-order valence-electron chi connectivity index (χ1n) is 7.83. The van der Waals surface area contributed by atoms with E-state index in [-0.39, 0.29) is 24.0 Å². The highest BCUT2D eigenvalue weighted by Gasteiger charge is 2.04. The van der Waals surface area contributed by atoms with E-state index in [0.29, 0.717) is 0 Å². The summed E-state index contributed by atoms with van der Waals surface area (Å²) in [6, 6.07) is 8.18. The normalized spacial score (nSPS) is 10.8. The van der Waals surface area contributed by atoms with Crippen LogP contribution in [0, 0.1) is 0 Å². The Balaban J connectivity index is 0.00000441. The lowest BCUT2D eigenvalue weighted by molar-refractivity contribution is 0.414. The first-order chi connectivity index (χ1) is 10.2. The van der Waals surface area contributed by atoms with Gasteiger partial charge in [-0.3, -0.25) is 4.99 Å². The number of guanidine groups is 1. The second kappa shape index (κ2) is 12.6. The molecule has 5 heteroatoms. The van der Waals surface area contributed by atoms with Crippen LogP contribution in [0.4, 0.5) is 0 Å². The number of ether oxygens (including phenoxy) is 1. The molecule has 0 spiro atoms. The van der Waals surface area contributed by atoms with Gasteiger partial charge in [0, 0.05) is 26.7 Å². The number of hydrogen-bond donors (Lipinski definition) is 1. The van der Waals surface area contributed by atoms with Crippen LogP contribution in [-0.4, -0.2) is 44.7 Å². The van der Waals surface area contributed by atoms with Crippen LogP contribution >= 0.6 is 24.0 Å². The van der Waals surface area contributed by atoms with Crippen LogP contribution in [0.2, 0.25) is 0 Å². The molecule has 1 aromatic carbocycles. The fraction of sp³-hybridized carbons (Fsp3) is 0.588. The van der Waals surface area contributed by atoms with Crippen LogP contribution in [0.1, 0.15) is 32.3 Å². The maximum Gasteiger partial charge on any atom is 0.193 e. The monoisotopic (exact) mass is 419 g/mol. The largest absolute Gasteiger partial charge is 0.497 e. The molecule has 0 radical (unpaired) electrons. The number of hydrogen-bond acceptors (Lipinski definition) is 2. The lowest BCUT2D eigenvalue weighted by Gasteiger charge is -2.21. The molecule has 0 fully saturated rings. The second-order valence-corrected chi connectivity index (χ2v) is 5.11. The van der Waals surface area contributed by atoms with Gasteiger partial charge in [0.2, 0.25) is 0 Å². The molecule has 0 heterocycles. The van der Waals surface area contributed by atoms with Gasteiger partial charge in [-0.25, -0.2) is 0 Å². The Morgan fingerprint density at radius 2 is 2.09 bits per heavy atom. The molecule has 0 saturated carbocycles. The van der Waals surface area contributed by atoms with Gasteiger partial charge in [-0.15, -0.1) is 24.0 Å². The van der Waals surface area contributed by atoms with Gasteiger partial charge < -0.3 is 15.0 Å². The molecule has 1 N–H and O–H groups in total. The van der Waals surface area contributed by atoms with Gasteiger partial charge in [-0.1, -0.05) is 25.5 Å². The van der Waals surface area contributed by atoms with Crippen LogP contribution in [-0.2, 0) is 6.42 Å². The van der Waals surface area contributed by atoms with E-state index in [4.69, 9.17) is 9.73 Å². The number of halogens is 1. The summed E-state index contributed by atoms with van der Waals surface area (Å²) in [5, 5.41) is 3.35. The highest BCUT2D eigenvalue weighted by atomic mass is 127. The minimum atomic E-state index is 0. The summed E-state index contributed by atoms with van der Waals surface area (Å²) in [6.45, 7) is 7.04. The maximum absolute atomic E-state index is 5.25. The van der Waals surface area contributed by atoms with Gasteiger partial charge >= 0.3 is 0 Å². The summed E-state index contributed by atoms with van der Waals surface area (Å²) in [5.74, 6) is 1.90. The number of unbranched alkanes of at least 4 members (excludes halogenated alkanes) is 1. The molecule has 0 aliphatic heterocycles. The number of benzene rings is 1. The fourth-order valence-corrected chi connectivity index (χ4v) is 2.09. The number of nitrogens with one attached hydrogen (secondary N) is 1. The zero-order valence-corrected chi connectivity index (χ0v) is 16.6. The summed E-state index contributed by atoms with van der Waals surface area (Å²) in [4.78, 5) is 6.91. The Morgan fingerprint density at radius 1 is 1.32 bits per heavy atom. The molecule has 1 aromatic rings.